The molecule has 0 amide bonds. The van der Waals surface area contributed by atoms with Crippen LogP contribution in [0.4, 0.5) is 0 Å². The van der Waals surface area contributed by atoms with Crippen molar-refractivity contribution in [3.05, 3.63) is 218 Å². The second-order valence-electron chi connectivity index (χ2n) is 16.9. The van der Waals surface area contributed by atoms with Gasteiger partial charge in [0.2, 0.25) is 0 Å². The molecule has 0 radical (unpaired) electrons. The molecular weight excluding hydrogens is 813 g/mol. The monoisotopic (exact) mass is 848 g/mol. The second-order valence-corrected chi connectivity index (χ2v) is 19.1. The van der Waals surface area contributed by atoms with Gasteiger partial charge in [0.15, 0.2) is 0 Å². The molecular formula is C60H36N2S2. The Morgan fingerprint density at radius 2 is 0.625 bits per heavy atom. The first-order valence-corrected chi connectivity index (χ1v) is 23.4. The molecule has 2 nitrogen and oxygen atoms in total. The van der Waals surface area contributed by atoms with E-state index in [0.29, 0.717) is 0 Å². The normalized spacial score (nSPS) is 12.1. The second kappa shape index (κ2) is 13.9. The van der Waals surface area contributed by atoms with E-state index in [1.807, 2.05) is 22.7 Å². The molecule has 0 bridgehead atoms. The van der Waals surface area contributed by atoms with Gasteiger partial charge in [0.05, 0.1) is 22.1 Å². The maximum atomic E-state index is 2.45. The summed E-state index contributed by atoms with van der Waals surface area (Å²) in [5, 5.41) is 10.3. The van der Waals surface area contributed by atoms with E-state index in [9.17, 15) is 0 Å². The minimum atomic E-state index is 1.17. The number of hydrogen-bond acceptors (Lipinski definition) is 2. The van der Waals surface area contributed by atoms with Crippen LogP contribution in [-0.2, 0) is 0 Å². The van der Waals surface area contributed by atoms with Crippen molar-refractivity contribution in [3.8, 4) is 44.8 Å². The quantitative estimate of drug-likeness (QED) is 0.163. The lowest BCUT2D eigenvalue weighted by molar-refractivity contribution is 1.18. The van der Waals surface area contributed by atoms with Gasteiger partial charge in [0, 0.05) is 73.3 Å². The van der Waals surface area contributed by atoms with Crippen molar-refractivity contribution in [1.29, 1.82) is 0 Å². The first-order valence-electron chi connectivity index (χ1n) is 21.8. The van der Waals surface area contributed by atoms with Gasteiger partial charge in [-0.25, -0.2) is 0 Å². The van der Waals surface area contributed by atoms with Crippen LogP contribution in [0.15, 0.2) is 218 Å². The number of rotatable bonds is 5. The van der Waals surface area contributed by atoms with E-state index in [1.165, 1.54) is 129 Å². The van der Waals surface area contributed by atoms with Gasteiger partial charge in [-0.2, -0.15) is 0 Å². The summed E-state index contributed by atoms with van der Waals surface area (Å²) in [5.41, 5.74) is 14.6. The molecule has 0 aliphatic heterocycles. The molecule has 0 aliphatic rings. The Hall–Kier alpha value is -7.76. The molecule has 298 valence electrons. The molecule has 0 saturated heterocycles. The van der Waals surface area contributed by atoms with E-state index < -0.39 is 0 Å². The summed E-state index contributed by atoms with van der Waals surface area (Å²) in [6.45, 7) is 0. The number of hydrogen-bond donors (Lipinski definition) is 0. The lowest BCUT2D eigenvalue weighted by Crippen LogP contribution is -1.93. The summed E-state index contributed by atoms with van der Waals surface area (Å²) >= 11 is 3.74. The largest absolute Gasteiger partial charge is 0.309 e. The van der Waals surface area contributed by atoms with Crippen molar-refractivity contribution in [1.82, 2.24) is 9.13 Å². The van der Waals surface area contributed by atoms with Crippen LogP contribution in [0.5, 0.6) is 0 Å². The van der Waals surface area contributed by atoms with Crippen molar-refractivity contribution in [2.75, 3.05) is 0 Å². The van der Waals surface area contributed by atoms with Gasteiger partial charge in [-0.1, -0.05) is 115 Å². The van der Waals surface area contributed by atoms with E-state index in [2.05, 4.69) is 228 Å². The van der Waals surface area contributed by atoms with Crippen LogP contribution in [0, 0.1) is 0 Å². The zero-order chi connectivity index (χ0) is 41.9. The van der Waals surface area contributed by atoms with E-state index in [1.54, 1.807) is 0 Å². The Kier molecular flexibility index (Phi) is 7.76. The minimum Gasteiger partial charge on any atom is -0.309 e. The Bertz CT molecular complexity index is 4200. The zero-order valence-corrected chi connectivity index (χ0v) is 36.1. The smallest absolute Gasteiger partial charge is 0.0541 e. The molecule has 14 rings (SSSR count). The van der Waals surface area contributed by atoms with Crippen LogP contribution < -0.4 is 0 Å². The summed E-state index contributed by atoms with van der Waals surface area (Å²) in [6, 6.07) is 81.0. The highest BCUT2D eigenvalue weighted by Crippen LogP contribution is 2.42. The topological polar surface area (TPSA) is 9.86 Å². The Labute approximate surface area is 376 Å². The van der Waals surface area contributed by atoms with Crippen molar-refractivity contribution < 1.29 is 0 Å². The van der Waals surface area contributed by atoms with Gasteiger partial charge in [-0.05, 0) is 137 Å². The first-order chi connectivity index (χ1) is 31.7. The number of nitrogens with zero attached hydrogens (tertiary/aromatic N) is 2. The Balaban J connectivity index is 0.866. The van der Waals surface area contributed by atoms with Crippen LogP contribution >= 0.6 is 22.7 Å². The highest BCUT2D eigenvalue weighted by atomic mass is 32.1. The average molecular weight is 849 g/mol. The third-order valence-corrected chi connectivity index (χ3v) is 15.6. The predicted octanol–water partition coefficient (Wildman–Crippen LogP) is 17.6. The predicted molar refractivity (Wildman–Crippen MR) is 277 cm³/mol. The van der Waals surface area contributed by atoms with Crippen LogP contribution in [0.3, 0.4) is 0 Å². The van der Waals surface area contributed by atoms with Crippen molar-refractivity contribution >= 4 is 107 Å². The average Bonchev–Trinajstić information content (AvgIpc) is 4.11. The summed E-state index contributed by atoms with van der Waals surface area (Å²) in [7, 11) is 0. The molecule has 4 heteroatoms. The molecule has 0 atom stereocenters. The number of thiophene rings is 2. The molecule has 64 heavy (non-hydrogen) atoms. The van der Waals surface area contributed by atoms with Crippen LogP contribution in [0.1, 0.15) is 0 Å². The first kappa shape index (κ1) is 35.8. The zero-order valence-electron chi connectivity index (χ0n) is 34.5. The van der Waals surface area contributed by atoms with Crippen molar-refractivity contribution in [2.24, 2.45) is 0 Å². The van der Waals surface area contributed by atoms with Crippen LogP contribution in [-0.4, -0.2) is 9.13 Å². The molecule has 4 heterocycles. The van der Waals surface area contributed by atoms with Gasteiger partial charge in [0.25, 0.3) is 0 Å². The molecule has 10 aromatic carbocycles. The number of benzene rings is 10. The molecule has 0 N–H and O–H groups in total. The summed E-state index contributed by atoms with van der Waals surface area (Å²) in [6.07, 6.45) is 0. The van der Waals surface area contributed by atoms with Crippen LogP contribution in [0.2, 0.25) is 0 Å². The lowest BCUT2D eigenvalue weighted by Gasteiger charge is -2.10. The standard InChI is InChI=1S/C60H36N2S2/c1-2-13-43(14-3-1)61-53-18-7-4-15-45(53)48-32-39(21-26-55(48)61)40-22-27-56-49(33-40)46-16-5-8-19-54(46)62(56)44-25-30-60-52(36-44)51-35-42(24-29-59(51)64-60)38-12-10-11-37(31-38)41-23-28-58-50(34-41)47-17-6-9-20-57(47)63-58/h1-36H. The molecule has 0 spiro atoms. The van der Waals surface area contributed by atoms with E-state index >= 15 is 0 Å². The maximum Gasteiger partial charge on any atom is 0.0541 e. The van der Waals surface area contributed by atoms with E-state index in [-0.39, 0.29) is 0 Å². The Morgan fingerprint density at radius 3 is 1.23 bits per heavy atom. The highest BCUT2D eigenvalue weighted by Gasteiger charge is 2.18. The fourth-order valence-electron chi connectivity index (χ4n) is 10.3. The lowest BCUT2D eigenvalue weighted by atomic mass is 9.97. The molecule has 14 aromatic rings. The number of fused-ring (bicyclic) bond motifs is 12. The van der Waals surface area contributed by atoms with E-state index in [0.717, 1.165) is 0 Å². The summed E-state index contributed by atoms with van der Waals surface area (Å²) in [4.78, 5) is 0. The molecule has 4 aromatic heterocycles. The van der Waals surface area contributed by atoms with Gasteiger partial charge in [-0.15, -0.1) is 22.7 Å². The SMILES string of the molecule is c1ccc(-n2c3ccccc3c3cc(-c4ccc5c(c4)c4ccccc4n5-c4ccc5sc6ccc(-c7cccc(-c8ccc9sc%10ccccc%10c9c8)c7)cc6c5c4)ccc32)cc1. The molecule has 0 saturated carbocycles. The molecule has 0 unspecified atom stereocenters. The van der Waals surface area contributed by atoms with Gasteiger partial charge in [-0.3, -0.25) is 0 Å². The van der Waals surface area contributed by atoms with E-state index in [4.69, 9.17) is 0 Å². The van der Waals surface area contributed by atoms with Crippen LogP contribution in [0.25, 0.3) is 129 Å². The number of para-hydroxylation sites is 3. The third-order valence-electron chi connectivity index (χ3n) is 13.3. The third kappa shape index (κ3) is 5.43. The maximum absolute atomic E-state index is 2.45. The fraction of sp³-hybridized carbons (Fsp3) is 0. The van der Waals surface area contributed by atoms with Crippen molar-refractivity contribution in [2.45, 2.75) is 0 Å². The van der Waals surface area contributed by atoms with Gasteiger partial charge < -0.3 is 9.13 Å². The minimum absolute atomic E-state index is 1.17. The van der Waals surface area contributed by atoms with Gasteiger partial charge >= 0.3 is 0 Å². The molecule has 0 aliphatic carbocycles. The highest BCUT2D eigenvalue weighted by molar-refractivity contribution is 7.26. The van der Waals surface area contributed by atoms with Crippen molar-refractivity contribution in [3.63, 3.8) is 0 Å². The fourth-order valence-corrected chi connectivity index (χ4v) is 12.5. The summed E-state index contributed by atoms with van der Waals surface area (Å²) < 4.78 is 10.1. The summed E-state index contributed by atoms with van der Waals surface area (Å²) in [5.74, 6) is 0. The molecule has 0 fully saturated rings. The van der Waals surface area contributed by atoms with Gasteiger partial charge in [0.1, 0.15) is 0 Å². The Morgan fingerprint density at radius 1 is 0.219 bits per heavy atom. The number of aromatic nitrogens is 2.